The molecule has 6 nitrogen and oxygen atoms in total. The van der Waals surface area contributed by atoms with Gasteiger partial charge in [0.15, 0.2) is 0 Å². The summed E-state index contributed by atoms with van der Waals surface area (Å²) in [7, 11) is 0. The van der Waals surface area contributed by atoms with E-state index in [4.69, 9.17) is 0 Å². The summed E-state index contributed by atoms with van der Waals surface area (Å²) in [4.78, 5) is 22.7. The van der Waals surface area contributed by atoms with Crippen molar-refractivity contribution < 1.29 is 9.72 Å². The van der Waals surface area contributed by atoms with Crippen LogP contribution < -0.4 is 5.32 Å². The van der Waals surface area contributed by atoms with Gasteiger partial charge in [0, 0.05) is 17.8 Å². The number of anilines is 1. The molecule has 0 bridgehead atoms. The minimum Gasteiger partial charge on any atom is -0.321 e. The van der Waals surface area contributed by atoms with Gasteiger partial charge in [-0.3, -0.25) is 14.9 Å². The monoisotopic (exact) mass is 335 g/mol. The quantitative estimate of drug-likeness (QED) is 0.394. The number of rotatable bonds is 4. The van der Waals surface area contributed by atoms with Gasteiger partial charge in [0.1, 0.15) is 11.6 Å². The van der Waals surface area contributed by atoms with Crippen LogP contribution in [0.15, 0.2) is 42.0 Å². The molecule has 2 rings (SSSR count). The second-order valence-electron chi connectivity index (χ2n) is 5.75. The Labute approximate surface area is 145 Å². The molecule has 0 atom stereocenters. The van der Waals surface area contributed by atoms with E-state index in [9.17, 15) is 20.2 Å². The number of nitrogens with one attached hydrogen (secondary N) is 1. The third-order valence-corrected chi connectivity index (χ3v) is 3.67. The second kappa shape index (κ2) is 7.41. The molecule has 0 saturated heterocycles. The highest BCUT2D eigenvalue weighted by atomic mass is 16.6. The number of hydrogen-bond acceptors (Lipinski definition) is 4. The van der Waals surface area contributed by atoms with Crippen molar-refractivity contribution in [2.45, 2.75) is 20.8 Å². The van der Waals surface area contributed by atoms with Crippen molar-refractivity contribution in [3.05, 3.63) is 74.3 Å². The van der Waals surface area contributed by atoms with Gasteiger partial charge < -0.3 is 5.32 Å². The van der Waals surface area contributed by atoms with E-state index in [-0.39, 0.29) is 11.3 Å². The van der Waals surface area contributed by atoms with Crippen molar-refractivity contribution in [2.24, 2.45) is 0 Å². The fourth-order valence-electron chi connectivity index (χ4n) is 2.60. The number of amides is 1. The lowest BCUT2D eigenvalue weighted by atomic mass is 10.0. The van der Waals surface area contributed by atoms with Crippen LogP contribution >= 0.6 is 0 Å². The predicted molar refractivity (Wildman–Crippen MR) is 96.0 cm³/mol. The normalized spacial score (nSPS) is 10.9. The van der Waals surface area contributed by atoms with Gasteiger partial charge in [-0.05, 0) is 43.5 Å². The smallest absolute Gasteiger partial charge is 0.270 e. The Morgan fingerprint density at radius 3 is 2.40 bits per heavy atom. The van der Waals surface area contributed by atoms with Crippen LogP contribution in [0.4, 0.5) is 11.4 Å². The van der Waals surface area contributed by atoms with Gasteiger partial charge in [-0.2, -0.15) is 5.26 Å². The first kappa shape index (κ1) is 17.9. The molecule has 126 valence electrons. The van der Waals surface area contributed by atoms with Crippen LogP contribution in [0, 0.1) is 42.2 Å². The molecule has 0 fully saturated rings. The van der Waals surface area contributed by atoms with Gasteiger partial charge in [0.25, 0.3) is 11.6 Å². The number of nitro groups is 1. The van der Waals surface area contributed by atoms with E-state index in [0.29, 0.717) is 11.3 Å². The zero-order valence-electron chi connectivity index (χ0n) is 14.2. The summed E-state index contributed by atoms with van der Waals surface area (Å²) in [6.45, 7) is 5.73. The topological polar surface area (TPSA) is 96.0 Å². The van der Waals surface area contributed by atoms with Crippen molar-refractivity contribution in [1.82, 2.24) is 0 Å². The van der Waals surface area contributed by atoms with Crippen LogP contribution in [0.5, 0.6) is 0 Å². The molecule has 0 aliphatic heterocycles. The number of nitriles is 1. The molecular formula is C19H17N3O3. The molecule has 0 saturated carbocycles. The van der Waals surface area contributed by atoms with Gasteiger partial charge in [-0.25, -0.2) is 0 Å². The van der Waals surface area contributed by atoms with Gasteiger partial charge in [-0.15, -0.1) is 0 Å². The van der Waals surface area contributed by atoms with E-state index >= 15 is 0 Å². The van der Waals surface area contributed by atoms with Crippen molar-refractivity contribution in [1.29, 1.82) is 5.26 Å². The van der Waals surface area contributed by atoms with Crippen molar-refractivity contribution in [3.63, 3.8) is 0 Å². The number of carbonyl (C=O) groups is 1. The van der Waals surface area contributed by atoms with Crippen molar-refractivity contribution >= 4 is 23.4 Å². The average Bonchev–Trinajstić information content (AvgIpc) is 2.55. The molecule has 1 amide bonds. The summed E-state index contributed by atoms with van der Waals surface area (Å²) in [6, 6.07) is 11.5. The van der Waals surface area contributed by atoms with Crippen LogP contribution in [-0.2, 0) is 4.79 Å². The van der Waals surface area contributed by atoms with E-state index in [1.54, 1.807) is 6.07 Å². The first-order chi connectivity index (χ1) is 11.8. The SMILES string of the molecule is Cc1cc(C)c(NC(=O)/C(C#N)=C/c2cccc([N+](=O)[O-])c2)c(C)c1. The summed E-state index contributed by atoms with van der Waals surface area (Å²) in [5, 5.41) is 22.9. The van der Waals surface area contributed by atoms with E-state index < -0.39 is 10.8 Å². The van der Waals surface area contributed by atoms with Crippen LogP contribution in [0.25, 0.3) is 6.08 Å². The highest BCUT2D eigenvalue weighted by Crippen LogP contribution is 2.23. The number of benzene rings is 2. The molecule has 6 heteroatoms. The zero-order valence-corrected chi connectivity index (χ0v) is 14.2. The molecule has 2 aromatic carbocycles. The van der Waals surface area contributed by atoms with E-state index in [2.05, 4.69) is 5.32 Å². The Morgan fingerprint density at radius 1 is 1.20 bits per heavy atom. The number of aryl methyl sites for hydroxylation is 3. The maximum Gasteiger partial charge on any atom is 0.270 e. The fourth-order valence-corrected chi connectivity index (χ4v) is 2.60. The molecule has 0 aliphatic rings. The van der Waals surface area contributed by atoms with Gasteiger partial charge in [0.05, 0.1) is 4.92 Å². The zero-order chi connectivity index (χ0) is 18.6. The Morgan fingerprint density at radius 2 is 1.84 bits per heavy atom. The molecule has 0 heterocycles. The number of hydrogen-bond donors (Lipinski definition) is 1. The van der Waals surface area contributed by atoms with E-state index in [1.807, 2.05) is 39.0 Å². The Balaban J connectivity index is 2.32. The van der Waals surface area contributed by atoms with Crippen molar-refractivity contribution in [3.8, 4) is 6.07 Å². The molecule has 0 spiro atoms. The highest BCUT2D eigenvalue weighted by Gasteiger charge is 2.13. The molecular weight excluding hydrogens is 318 g/mol. The number of nitro benzene ring substituents is 1. The molecule has 0 radical (unpaired) electrons. The largest absolute Gasteiger partial charge is 0.321 e. The Hall–Kier alpha value is -3.46. The molecule has 25 heavy (non-hydrogen) atoms. The van der Waals surface area contributed by atoms with Gasteiger partial charge in [0.2, 0.25) is 0 Å². The number of non-ortho nitro benzene ring substituents is 1. The first-order valence-corrected chi connectivity index (χ1v) is 7.57. The lowest BCUT2D eigenvalue weighted by molar-refractivity contribution is -0.384. The van der Waals surface area contributed by atoms with Crippen LogP contribution in [0.2, 0.25) is 0 Å². The maximum absolute atomic E-state index is 12.4. The first-order valence-electron chi connectivity index (χ1n) is 7.57. The van der Waals surface area contributed by atoms with Crippen LogP contribution in [-0.4, -0.2) is 10.8 Å². The summed E-state index contributed by atoms with van der Waals surface area (Å²) >= 11 is 0. The molecule has 0 aromatic heterocycles. The lowest BCUT2D eigenvalue weighted by Crippen LogP contribution is -2.15. The van der Waals surface area contributed by atoms with Crippen LogP contribution in [0.3, 0.4) is 0 Å². The fraction of sp³-hybridized carbons (Fsp3) is 0.158. The summed E-state index contributed by atoms with van der Waals surface area (Å²) in [5.41, 5.74) is 3.74. The summed E-state index contributed by atoms with van der Waals surface area (Å²) in [5.74, 6) is -0.552. The van der Waals surface area contributed by atoms with E-state index in [1.165, 1.54) is 24.3 Å². The van der Waals surface area contributed by atoms with Crippen molar-refractivity contribution in [2.75, 3.05) is 5.32 Å². The standard InChI is InChI=1S/C19H17N3O3/c1-12-7-13(2)18(14(3)8-12)21-19(23)16(11-20)9-15-5-4-6-17(10-15)22(24)25/h4-10H,1-3H3,(H,21,23)/b16-9+. The lowest BCUT2D eigenvalue weighted by Gasteiger charge is -2.12. The minimum absolute atomic E-state index is 0.100. The number of carbonyl (C=O) groups excluding carboxylic acids is 1. The van der Waals surface area contributed by atoms with E-state index in [0.717, 1.165) is 16.7 Å². The summed E-state index contributed by atoms with van der Waals surface area (Å²) < 4.78 is 0. The second-order valence-corrected chi connectivity index (χ2v) is 5.75. The Bertz CT molecular complexity index is 901. The molecule has 2 aromatic rings. The predicted octanol–water partition coefficient (Wildman–Crippen LogP) is 4.07. The van der Waals surface area contributed by atoms with Gasteiger partial charge >= 0.3 is 0 Å². The number of nitrogens with zero attached hydrogens (tertiary/aromatic N) is 2. The average molecular weight is 335 g/mol. The highest BCUT2D eigenvalue weighted by molar-refractivity contribution is 6.10. The molecule has 0 aliphatic carbocycles. The third kappa shape index (κ3) is 4.30. The molecule has 1 N–H and O–H groups in total. The Kier molecular flexibility index (Phi) is 5.30. The minimum atomic E-state index is -0.552. The maximum atomic E-state index is 12.4. The summed E-state index contributed by atoms with van der Waals surface area (Å²) in [6.07, 6.45) is 1.33. The third-order valence-electron chi connectivity index (χ3n) is 3.67. The molecule has 0 unspecified atom stereocenters. The van der Waals surface area contributed by atoms with Crippen LogP contribution in [0.1, 0.15) is 22.3 Å². The van der Waals surface area contributed by atoms with Gasteiger partial charge in [-0.1, -0.05) is 29.8 Å².